The summed E-state index contributed by atoms with van der Waals surface area (Å²) in [6.07, 6.45) is 2.81. The van der Waals surface area contributed by atoms with Crippen LogP contribution >= 0.6 is 11.6 Å². The molecule has 2 aromatic carbocycles. The fourth-order valence-electron chi connectivity index (χ4n) is 4.29. The molecule has 0 radical (unpaired) electrons. The Morgan fingerprint density at radius 1 is 1.06 bits per heavy atom. The summed E-state index contributed by atoms with van der Waals surface area (Å²) in [4.78, 5) is 40.5. The van der Waals surface area contributed by atoms with Crippen LogP contribution in [0.1, 0.15) is 42.4 Å². The molecule has 168 valence electrons. The maximum Gasteiger partial charge on any atom is 0.327 e. The quantitative estimate of drug-likeness (QED) is 0.480. The molecule has 32 heavy (non-hydrogen) atoms. The van der Waals surface area contributed by atoms with Crippen LogP contribution < -0.4 is 5.32 Å². The van der Waals surface area contributed by atoms with Gasteiger partial charge in [0.05, 0.1) is 0 Å². The first-order valence-electron chi connectivity index (χ1n) is 10.8. The lowest BCUT2D eigenvalue weighted by Crippen LogP contribution is -2.39. The molecule has 1 saturated heterocycles. The maximum absolute atomic E-state index is 13.8. The second-order valence-corrected chi connectivity index (χ2v) is 8.58. The molecule has 0 bridgehead atoms. The number of imide groups is 1. The first kappa shape index (κ1) is 22.3. The Kier molecular flexibility index (Phi) is 6.74. The van der Waals surface area contributed by atoms with Crippen molar-refractivity contribution in [3.8, 4) is 0 Å². The van der Waals surface area contributed by atoms with Gasteiger partial charge in [-0.15, -0.1) is 0 Å². The maximum atomic E-state index is 13.8. The number of fused-ring (bicyclic) bond motifs is 2. The van der Waals surface area contributed by atoms with E-state index in [-0.39, 0.29) is 41.4 Å². The number of nitrogens with zero attached hydrogens (tertiary/aromatic N) is 2. The molecule has 2 aromatic rings. The van der Waals surface area contributed by atoms with Crippen LogP contribution in [0.4, 0.5) is 9.18 Å². The van der Waals surface area contributed by atoms with Gasteiger partial charge in [0.25, 0.3) is 5.91 Å². The van der Waals surface area contributed by atoms with Gasteiger partial charge in [0.1, 0.15) is 11.9 Å². The summed E-state index contributed by atoms with van der Waals surface area (Å²) >= 11 is 5.96. The zero-order chi connectivity index (χ0) is 22.7. The molecular formula is C24H25ClFN3O3. The molecule has 2 heterocycles. The van der Waals surface area contributed by atoms with E-state index in [0.717, 1.165) is 11.1 Å². The molecule has 6 nitrogen and oxygen atoms in total. The van der Waals surface area contributed by atoms with E-state index in [1.165, 1.54) is 17.0 Å². The molecule has 0 saturated carbocycles. The van der Waals surface area contributed by atoms with Crippen molar-refractivity contribution in [3.63, 3.8) is 0 Å². The highest BCUT2D eigenvalue weighted by Crippen LogP contribution is 2.30. The summed E-state index contributed by atoms with van der Waals surface area (Å²) in [6.45, 7) is 0.863. The zero-order valence-corrected chi connectivity index (χ0v) is 18.4. The van der Waals surface area contributed by atoms with Crippen molar-refractivity contribution < 1.29 is 18.8 Å². The number of amides is 4. The minimum absolute atomic E-state index is 0.0424. The third-order valence-corrected chi connectivity index (χ3v) is 6.44. The first-order chi connectivity index (χ1) is 15.5. The fraction of sp³-hybridized carbons (Fsp3) is 0.375. The number of hydrogen-bond acceptors (Lipinski definition) is 3. The van der Waals surface area contributed by atoms with Crippen LogP contribution in [0.25, 0.3) is 0 Å². The van der Waals surface area contributed by atoms with Gasteiger partial charge in [-0.3, -0.25) is 14.5 Å². The molecule has 0 aliphatic carbocycles. The lowest BCUT2D eigenvalue weighted by molar-refractivity contribution is -0.128. The molecule has 1 unspecified atom stereocenters. The average Bonchev–Trinajstić information content (AvgIpc) is 3.01. The summed E-state index contributed by atoms with van der Waals surface area (Å²) in [5, 5.41) is 2.96. The second-order valence-electron chi connectivity index (χ2n) is 8.18. The minimum Gasteiger partial charge on any atom is -0.352 e. The molecule has 1 atom stereocenters. The molecule has 2 aliphatic rings. The summed E-state index contributed by atoms with van der Waals surface area (Å²) in [5.41, 5.74) is 2.49. The van der Waals surface area contributed by atoms with Crippen molar-refractivity contribution >= 4 is 29.4 Å². The number of urea groups is 1. The van der Waals surface area contributed by atoms with E-state index in [1.54, 1.807) is 11.0 Å². The lowest BCUT2D eigenvalue weighted by atomic mass is 9.95. The predicted molar refractivity (Wildman–Crippen MR) is 118 cm³/mol. The Bertz CT molecular complexity index is 982. The Hall–Kier alpha value is -2.93. The van der Waals surface area contributed by atoms with Gasteiger partial charge in [-0.2, -0.15) is 0 Å². The van der Waals surface area contributed by atoms with E-state index < -0.39 is 11.9 Å². The zero-order valence-electron chi connectivity index (χ0n) is 17.7. The van der Waals surface area contributed by atoms with Crippen LogP contribution in [0.5, 0.6) is 0 Å². The van der Waals surface area contributed by atoms with Gasteiger partial charge in [-0.1, -0.05) is 48.4 Å². The van der Waals surface area contributed by atoms with Crippen molar-refractivity contribution in [3.05, 3.63) is 70.0 Å². The largest absolute Gasteiger partial charge is 0.352 e. The average molecular weight is 458 g/mol. The van der Waals surface area contributed by atoms with Crippen molar-refractivity contribution in [1.82, 2.24) is 15.1 Å². The number of unbranched alkanes of at least 4 members (excludes halogenated alkanes) is 2. The smallest absolute Gasteiger partial charge is 0.327 e. The predicted octanol–water partition coefficient (Wildman–Crippen LogP) is 4.04. The van der Waals surface area contributed by atoms with Crippen LogP contribution in [0, 0.1) is 5.82 Å². The van der Waals surface area contributed by atoms with E-state index in [0.29, 0.717) is 38.8 Å². The van der Waals surface area contributed by atoms with E-state index in [9.17, 15) is 18.8 Å². The number of carbonyl (C=O) groups is 3. The Morgan fingerprint density at radius 2 is 1.84 bits per heavy atom. The van der Waals surface area contributed by atoms with Gasteiger partial charge >= 0.3 is 6.03 Å². The highest BCUT2D eigenvalue weighted by molar-refractivity contribution is 6.31. The number of hydrogen-bond donors (Lipinski definition) is 1. The van der Waals surface area contributed by atoms with Gasteiger partial charge in [0.15, 0.2) is 0 Å². The van der Waals surface area contributed by atoms with E-state index >= 15 is 0 Å². The van der Waals surface area contributed by atoms with Crippen LogP contribution in [0.3, 0.4) is 0 Å². The number of benzene rings is 2. The van der Waals surface area contributed by atoms with Crippen molar-refractivity contribution in [2.45, 2.75) is 51.2 Å². The molecule has 4 rings (SSSR count). The fourth-order valence-corrected chi connectivity index (χ4v) is 4.52. The van der Waals surface area contributed by atoms with Crippen molar-refractivity contribution in [2.75, 3.05) is 6.54 Å². The van der Waals surface area contributed by atoms with E-state index in [1.807, 2.05) is 24.3 Å². The topological polar surface area (TPSA) is 69.7 Å². The van der Waals surface area contributed by atoms with Crippen molar-refractivity contribution in [1.29, 1.82) is 0 Å². The third kappa shape index (κ3) is 4.63. The number of carbonyl (C=O) groups excluding carboxylic acids is 3. The van der Waals surface area contributed by atoms with Gasteiger partial charge < -0.3 is 10.2 Å². The van der Waals surface area contributed by atoms with Gasteiger partial charge in [-0.25, -0.2) is 9.18 Å². The summed E-state index contributed by atoms with van der Waals surface area (Å²) in [5.74, 6) is -0.770. The van der Waals surface area contributed by atoms with Crippen LogP contribution in [-0.2, 0) is 29.1 Å². The standard InChI is InChI=1S/C24H25ClFN3O3/c25-19-9-6-10-20(26)18(19)14-27-22(30)11-2-1-5-12-28-23(31)21-13-16-7-3-4-8-17(16)15-29(21)24(28)32/h3-4,6-10,21H,1-2,5,11-15H2,(H,27,30). The van der Waals surface area contributed by atoms with Gasteiger partial charge in [0, 0.05) is 43.1 Å². The molecule has 2 aliphatic heterocycles. The summed E-state index contributed by atoms with van der Waals surface area (Å²) in [6, 6.07) is 11.7. The lowest BCUT2D eigenvalue weighted by Gasteiger charge is -2.28. The number of halogens is 2. The second kappa shape index (κ2) is 9.69. The highest BCUT2D eigenvalue weighted by atomic mass is 35.5. The Balaban J connectivity index is 1.19. The minimum atomic E-state index is -0.447. The normalized spacial score (nSPS) is 17.4. The van der Waals surface area contributed by atoms with Crippen LogP contribution in [0.2, 0.25) is 5.02 Å². The molecule has 0 spiro atoms. The van der Waals surface area contributed by atoms with E-state index in [2.05, 4.69) is 5.32 Å². The highest BCUT2D eigenvalue weighted by Gasteiger charge is 2.46. The van der Waals surface area contributed by atoms with Crippen molar-refractivity contribution in [2.24, 2.45) is 0 Å². The molecule has 4 amide bonds. The summed E-state index contributed by atoms with van der Waals surface area (Å²) in [7, 11) is 0. The third-order valence-electron chi connectivity index (χ3n) is 6.09. The van der Waals surface area contributed by atoms with Gasteiger partial charge in [-0.05, 0) is 36.1 Å². The molecule has 1 fully saturated rings. The monoisotopic (exact) mass is 457 g/mol. The van der Waals surface area contributed by atoms with Crippen LogP contribution in [-0.4, -0.2) is 40.2 Å². The number of rotatable bonds is 8. The Labute approximate surface area is 191 Å². The van der Waals surface area contributed by atoms with E-state index in [4.69, 9.17) is 11.6 Å². The SMILES string of the molecule is O=C(CCCCCN1C(=O)C2Cc3ccccc3CN2C1=O)NCc1c(F)cccc1Cl. The first-order valence-corrected chi connectivity index (χ1v) is 11.2. The number of nitrogens with one attached hydrogen (secondary N) is 1. The molecule has 1 N–H and O–H groups in total. The van der Waals surface area contributed by atoms with Gasteiger partial charge in [0.2, 0.25) is 5.91 Å². The molecular weight excluding hydrogens is 433 g/mol. The molecule has 8 heteroatoms. The van der Waals surface area contributed by atoms with Crippen LogP contribution in [0.15, 0.2) is 42.5 Å². The molecule has 0 aromatic heterocycles. The Morgan fingerprint density at radius 3 is 2.62 bits per heavy atom. The summed E-state index contributed by atoms with van der Waals surface area (Å²) < 4.78 is 13.8.